The number of carbonyl (C=O) groups excluding carboxylic acids is 5. The minimum atomic E-state index is -1.19. The zero-order valence-corrected chi connectivity index (χ0v) is 23.1. The van der Waals surface area contributed by atoms with Crippen molar-refractivity contribution in [3.63, 3.8) is 0 Å². The van der Waals surface area contributed by atoms with Crippen LogP contribution in [0.4, 0.5) is 0 Å². The van der Waals surface area contributed by atoms with E-state index in [9.17, 15) is 24.0 Å². The van der Waals surface area contributed by atoms with Gasteiger partial charge in [0.05, 0.1) is 12.8 Å². The van der Waals surface area contributed by atoms with Crippen LogP contribution in [0, 0.1) is 5.41 Å². The summed E-state index contributed by atoms with van der Waals surface area (Å²) in [6.45, 7) is 0.0591. The number of rotatable bonds is 16. The highest BCUT2D eigenvalue weighted by Crippen LogP contribution is 2.08. The van der Waals surface area contributed by atoms with Gasteiger partial charge in [-0.05, 0) is 31.6 Å². The van der Waals surface area contributed by atoms with E-state index in [1.807, 2.05) is 60.7 Å². The summed E-state index contributed by atoms with van der Waals surface area (Å²) in [5.41, 5.74) is 1.62. The van der Waals surface area contributed by atoms with E-state index in [1.54, 1.807) is 19.0 Å². The van der Waals surface area contributed by atoms with Gasteiger partial charge in [0.25, 0.3) is 0 Å². The Balaban J connectivity index is 2.26. The number of hydrogen-bond acceptors (Lipinski definition) is 7. The van der Waals surface area contributed by atoms with Gasteiger partial charge < -0.3 is 31.6 Å². The molecule has 214 valence electrons. The van der Waals surface area contributed by atoms with Crippen LogP contribution in [0.5, 0.6) is 0 Å². The van der Waals surface area contributed by atoms with Crippen molar-refractivity contribution in [3.05, 3.63) is 71.8 Å². The van der Waals surface area contributed by atoms with E-state index in [2.05, 4.69) is 21.3 Å². The van der Waals surface area contributed by atoms with Gasteiger partial charge in [-0.15, -0.1) is 0 Å². The molecule has 0 saturated carbocycles. The van der Waals surface area contributed by atoms with E-state index in [0.717, 1.165) is 11.1 Å². The summed E-state index contributed by atoms with van der Waals surface area (Å²) in [5.74, 6) is -2.58. The van der Waals surface area contributed by atoms with Crippen molar-refractivity contribution in [2.24, 2.45) is 0 Å². The summed E-state index contributed by atoms with van der Waals surface area (Å²) < 4.78 is 0. The number of hydrogen-bond donors (Lipinski definition) is 5. The summed E-state index contributed by atoms with van der Waals surface area (Å²) in [6, 6.07) is 15.1. The fraction of sp³-hybridized carbons (Fsp3) is 0.379. The van der Waals surface area contributed by atoms with Crippen LogP contribution < -0.4 is 21.3 Å². The molecule has 0 bridgehead atoms. The Kier molecular flexibility index (Phi) is 13.2. The summed E-state index contributed by atoms with van der Waals surface area (Å²) >= 11 is 0. The van der Waals surface area contributed by atoms with Crippen LogP contribution in [-0.2, 0) is 36.8 Å². The van der Waals surface area contributed by atoms with Crippen molar-refractivity contribution in [2.45, 2.75) is 43.8 Å². The monoisotopic (exact) mass is 550 g/mol. The van der Waals surface area contributed by atoms with Crippen LogP contribution in [0.2, 0.25) is 0 Å². The molecule has 0 heterocycles. The van der Waals surface area contributed by atoms with Gasteiger partial charge in [-0.2, -0.15) is 0 Å². The molecule has 4 amide bonds. The Labute approximate surface area is 234 Å². The smallest absolute Gasteiger partial charge is 0.243 e. The van der Waals surface area contributed by atoms with Crippen LogP contribution in [0.25, 0.3) is 0 Å². The van der Waals surface area contributed by atoms with E-state index in [0.29, 0.717) is 6.21 Å². The Morgan fingerprint density at radius 1 is 0.750 bits per heavy atom. The average Bonchev–Trinajstić information content (AvgIpc) is 2.94. The minimum Gasteiger partial charge on any atom is -0.357 e. The number of Topliss-reactive ketones (excluding diaryl/α,β-unsaturated/α-hetero) is 1. The molecule has 40 heavy (non-hydrogen) atoms. The summed E-state index contributed by atoms with van der Waals surface area (Å²) in [4.78, 5) is 65.4. The fourth-order valence-electron chi connectivity index (χ4n) is 3.99. The third kappa shape index (κ3) is 11.2. The van der Waals surface area contributed by atoms with E-state index >= 15 is 0 Å². The molecule has 11 nitrogen and oxygen atoms in total. The van der Waals surface area contributed by atoms with Crippen molar-refractivity contribution >= 4 is 35.6 Å². The Bertz CT molecular complexity index is 1160. The first-order valence-corrected chi connectivity index (χ1v) is 13.0. The van der Waals surface area contributed by atoms with Gasteiger partial charge in [-0.1, -0.05) is 60.7 Å². The van der Waals surface area contributed by atoms with Gasteiger partial charge in [0, 0.05) is 26.3 Å². The average molecular weight is 551 g/mol. The fourth-order valence-corrected chi connectivity index (χ4v) is 3.99. The molecule has 0 saturated heterocycles. The number of amides is 4. The Hall–Kier alpha value is -4.38. The first-order chi connectivity index (χ1) is 19.1. The highest BCUT2D eigenvalue weighted by molar-refractivity contribution is 6.26. The van der Waals surface area contributed by atoms with E-state index < -0.39 is 41.6 Å². The largest absolute Gasteiger partial charge is 0.357 e. The first-order valence-electron chi connectivity index (χ1n) is 13.0. The molecule has 2 aromatic carbocycles. The second-order valence-electron chi connectivity index (χ2n) is 9.62. The Morgan fingerprint density at radius 3 is 1.70 bits per heavy atom. The van der Waals surface area contributed by atoms with Crippen LogP contribution in [0.1, 0.15) is 24.0 Å². The van der Waals surface area contributed by atoms with Gasteiger partial charge >= 0.3 is 0 Å². The second kappa shape index (κ2) is 16.6. The number of nitrogens with zero attached hydrogens (tertiary/aromatic N) is 1. The van der Waals surface area contributed by atoms with E-state index in [-0.39, 0.29) is 38.1 Å². The molecule has 0 fully saturated rings. The highest BCUT2D eigenvalue weighted by atomic mass is 16.2. The van der Waals surface area contributed by atoms with Crippen molar-refractivity contribution in [2.75, 3.05) is 27.7 Å². The van der Waals surface area contributed by atoms with Gasteiger partial charge in [0.1, 0.15) is 18.1 Å². The Morgan fingerprint density at radius 2 is 1.23 bits per heavy atom. The molecule has 0 radical (unpaired) electrons. The van der Waals surface area contributed by atoms with Crippen LogP contribution in [-0.4, -0.2) is 86.3 Å². The SMILES string of the molecule is CNC(=O)[C@H](Cc1ccccc1)NC(=O)[C@H](CCC(=O)C=N)NC(=O)[C@H](Cc1ccccc1)NC(=O)CN(C)C. The number of carbonyl (C=O) groups is 5. The van der Waals surface area contributed by atoms with Crippen molar-refractivity contribution in [1.82, 2.24) is 26.2 Å². The van der Waals surface area contributed by atoms with Crippen molar-refractivity contribution in [1.29, 1.82) is 5.41 Å². The third-order valence-electron chi connectivity index (χ3n) is 6.03. The van der Waals surface area contributed by atoms with E-state index in [1.165, 1.54) is 7.05 Å². The third-order valence-corrected chi connectivity index (χ3v) is 6.03. The van der Waals surface area contributed by atoms with E-state index in [4.69, 9.17) is 5.41 Å². The lowest BCUT2D eigenvalue weighted by atomic mass is 10.0. The van der Waals surface area contributed by atoms with Crippen molar-refractivity contribution < 1.29 is 24.0 Å². The lowest BCUT2D eigenvalue weighted by Crippen LogP contribution is -2.57. The quantitative estimate of drug-likeness (QED) is 0.188. The van der Waals surface area contributed by atoms with Gasteiger partial charge in [-0.3, -0.25) is 24.0 Å². The predicted octanol–water partition coefficient (Wildman–Crippen LogP) is 0.233. The molecule has 0 aliphatic heterocycles. The lowest BCUT2D eigenvalue weighted by molar-refractivity contribution is -0.134. The molecule has 0 spiro atoms. The van der Waals surface area contributed by atoms with Gasteiger partial charge in [0.15, 0.2) is 5.78 Å². The van der Waals surface area contributed by atoms with Crippen molar-refractivity contribution in [3.8, 4) is 0 Å². The molecule has 0 unspecified atom stereocenters. The maximum atomic E-state index is 13.4. The highest BCUT2D eigenvalue weighted by Gasteiger charge is 2.30. The minimum absolute atomic E-state index is 0.0591. The second-order valence-corrected chi connectivity index (χ2v) is 9.62. The normalized spacial score (nSPS) is 12.9. The summed E-state index contributed by atoms with van der Waals surface area (Å²) in [5, 5.41) is 17.8. The zero-order valence-electron chi connectivity index (χ0n) is 23.1. The summed E-state index contributed by atoms with van der Waals surface area (Å²) in [6.07, 6.45) is 0.778. The topological polar surface area (TPSA) is 161 Å². The molecule has 0 aliphatic carbocycles. The van der Waals surface area contributed by atoms with Crippen LogP contribution >= 0.6 is 0 Å². The number of likely N-dealkylation sites (N-methyl/N-ethyl adjacent to an activating group) is 2. The molecular formula is C29H38N6O5. The standard InChI is InChI=1S/C29H38N6O5/c1-31-27(38)24(16-20-10-6-4-7-11-20)34-28(39)23(15-14-22(36)18-30)33-29(40)25(32-26(37)19-35(2)3)17-21-12-8-5-9-13-21/h4-13,18,23-25,30H,14-17,19H2,1-3H3,(H,31,38)(H,32,37)(H,33,40)(H,34,39)/t23-,24-,25-/m0/s1. The summed E-state index contributed by atoms with van der Waals surface area (Å²) in [7, 11) is 4.91. The maximum absolute atomic E-state index is 13.4. The van der Waals surface area contributed by atoms with Crippen LogP contribution in [0.15, 0.2) is 60.7 Å². The molecule has 0 aliphatic rings. The maximum Gasteiger partial charge on any atom is 0.243 e. The molecule has 0 aromatic heterocycles. The molecule has 2 aromatic rings. The molecule has 3 atom stereocenters. The first kappa shape index (κ1) is 31.8. The van der Waals surface area contributed by atoms with Gasteiger partial charge in [-0.25, -0.2) is 0 Å². The zero-order chi connectivity index (χ0) is 29.5. The predicted molar refractivity (Wildman–Crippen MR) is 152 cm³/mol. The lowest BCUT2D eigenvalue weighted by Gasteiger charge is -2.25. The number of nitrogens with one attached hydrogen (secondary N) is 5. The molecule has 11 heteroatoms. The van der Waals surface area contributed by atoms with Crippen LogP contribution in [0.3, 0.4) is 0 Å². The molecule has 5 N–H and O–H groups in total. The number of benzene rings is 2. The molecular weight excluding hydrogens is 512 g/mol. The number of ketones is 1. The van der Waals surface area contributed by atoms with Gasteiger partial charge in [0.2, 0.25) is 23.6 Å². The molecule has 2 rings (SSSR count).